The maximum atomic E-state index is 9.48. The lowest BCUT2D eigenvalue weighted by Crippen LogP contribution is -2.01. The number of benzene rings is 2. The molecule has 5 heteroatoms. The van der Waals surface area contributed by atoms with Crippen molar-refractivity contribution in [1.29, 1.82) is 0 Å². The standard InChI is InChI=1S/C16H15N3O2/c1-11-5-6-13(16-19-18-10-21-16)8-15(11)17-9-12-3-2-4-14(20)7-12/h2-8,10,17,20H,9H2,1H3. The Balaban J connectivity index is 1.80. The highest BCUT2D eigenvalue weighted by Gasteiger charge is 2.06. The SMILES string of the molecule is Cc1ccc(-c2nnco2)cc1NCc1cccc(O)c1. The molecule has 0 aliphatic carbocycles. The number of anilines is 1. The summed E-state index contributed by atoms with van der Waals surface area (Å²) in [5.41, 5.74) is 4.00. The molecule has 0 atom stereocenters. The third-order valence-corrected chi connectivity index (χ3v) is 3.24. The first-order valence-electron chi connectivity index (χ1n) is 6.61. The van der Waals surface area contributed by atoms with Crippen LogP contribution in [0, 0.1) is 6.92 Å². The third-order valence-electron chi connectivity index (χ3n) is 3.24. The molecule has 3 aromatic rings. The number of hydrogen-bond acceptors (Lipinski definition) is 5. The van der Waals surface area contributed by atoms with Gasteiger partial charge in [0.2, 0.25) is 12.3 Å². The van der Waals surface area contributed by atoms with E-state index in [9.17, 15) is 5.11 Å². The molecule has 3 rings (SSSR count). The lowest BCUT2D eigenvalue weighted by molar-refractivity contribution is 0.474. The summed E-state index contributed by atoms with van der Waals surface area (Å²) in [4.78, 5) is 0. The Hall–Kier alpha value is -2.82. The van der Waals surface area contributed by atoms with E-state index in [1.54, 1.807) is 12.1 Å². The van der Waals surface area contributed by atoms with Crippen LogP contribution in [0.25, 0.3) is 11.5 Å². The van der Waals surface area contributed by atoms with Gasteiger partial charge in [-0.1, -0.05) is 18.2 Å². The molecule has 106 valence electrons. The van der Waals surface area contributed by atoms with Gasteiger partial charge in [-0.05, 0) is 42.3 Å². The summed E-state index contributed by atoms with van der Waals surface area (Å²) in [7, 11) is 0. The molecule has 0 spiro atoms. The summed E-state index contributed by atoms with van der Waals surface area (Å²) in [6.45, 7) is 2.66. The molecule has 0 saturated carbocycles. The Morgan fingerprint density at radius 1 is 1.19 bits per heavy atom. The molecule has 5 nitrogen and oxygen atoms in total. The van der Waals surface area contributed by atoms with Gasteiger partial charge in [0.05, 0.1) is 0 Å². The van der Waals surface area contributed by atoms with Gasteiger partial charge in [-0.2, -0.15) is 0 Å². The maximum Gasteiger partial charge on any atom is 0.247 e. The molecular formula is C16H15N3O2. The van der Waals surface area contributed by atoms with Crippen molar-refractivity contribution in [2.75, 3.05) is 5.32 Å². The molecule has 2 aromatic carbocycles. The summed E-state index contributed by atoms with van der Waals surface area (Å²) in [6.07, 6.45) is 1.31. The Morgan fingerprint density at radius 3 is 2.86 bits per heavy atom. The Kier molecular flexibility index (Phi) is 3.55. The largest absolute Gasteiger partial charge is 0.508 e. The Morgan fingerprint density at radius 2 is 2.10 bits per heavy atom. The molecule has 0 saturated heterocycles. The minimum atomic E-state index is 0.269. The van der Waals surface area contributed by atoms with Crippen molar-refractivity contribution < 1.29 is 9.52 Å². The fraction of sp³-hybridized carbons (Fsp3) is 0.125. The van der Waals surface area contributed by atoms with E-state index in [1.165, 1.54) is 6.39 Å². The van der Waals surface area contributed by atoms with E-state index in [0.717, 1.165) is 22.4 Å². The van der Waals surface area contributed by atoms with Crippen molar-refractivity contribution in [3.05, 3.63) is 60.0 Å². The molecule has 0 unspecified atom stereocenters. The van der Waals surface area contributed by atoms with Gasteiger partial charge in [-0.3, -0.25) is 0 Å². The van der Waals surface area contributed by atoms with Crippen molar-refractivity contribution >= 4 is 5.69 Å². The minimum Gasteiger partial charge on any atom is -0.508 e. The fourth-order valence-corrected chi connectivity index (χ4v) is 2.11. The lowest BCUT2D eigenvalue weighted by atomic mass is 10.1. The zero-order valence-corrected chi connectivity index (χ0v) is 11.6. The molecule has 2 N–H and O–H groups in total. The van der Waals surface area contributed by atoms with E-state index in [4.69, 9.17) is 4.42 Å². The van der Waals surface area contributed by atoms with Crippen LogP contribution < -0.4 is 5.32 Å². The highest BCUT2D eigenvalue weighted by molar-refractivity contribution is 5.64. The van der Waals surface area contributed by atoms with Crippen molar-refractivity contribution in [2.24, 2.45) is 0 Å². The van der Waals surface area contributed by atoms with Crippen LogP contribution in [0.1, 0.15) is 11.1 Å². The number of aromatic nitrogens is 2. The van der Waals surface area contributed by atoms with Crippen LogP contribution in [-0.4, -0.2) is 15.3 Å². The molecule has 0 aliphatic rings. The molecule has 0 amide bonds. The molecule has 0 radical (unpaired) electrons. The predicted octanol–water partition coefficient (Wildman–Crippen LogP) is 3.36. The van der Waals surface area contributed by atoms with Crippen molar-refractivity contribution in [1.82, 2.24) is 10.2 Å². The van der Waals surface area contributed by atoms with Crippen LogP contribution in [0.4, 0.5) is 5.69 Å². The topological polar surface area (TPSA) is 71.2 Å². The third kappa shape index (κ3) is 3.02. The van der Waals surface area contributed by atoms with E-state index < -0.39 is 0 Å². The summed E-state index contributed by atoms with van der Waals surface area (Å²) in [6, 6.07) is 13.1. The van der Waals surface area contributed by atoms with Crippen LogP contribution in [0.5, 0.6) is 5.75 Å². The van der Waals surface area contributed by atoms with E-state index >= 15 is 0 Å². The first-order chi connectivity index (χ1) is 10.2. The van der Waals surface area contributed by atoms with Crippen LogP contribution in [-0.2, 0) is 6.54 Å². The normalized spacial score (nSPS) is 10.5. The molecule has 1 heterocycles. The second-order valence-electron chi connectivity index (χ2n) is 4.80. The van der Waals surface area contributed by atoms with Crippen LogP contribution >= 0.6 is 0 Å². The predicted molar refractivity (Wildman–Crippen MR) is 79.9 cm³/mol. The Labute approximate surface area is 122 Å². The van der Waals surface area contributed by atoms with E-state index in [0.29, 0.717) is 12.4 Å². The fourth-order valence-electron chi connectivity index (χ4n) is 2.11. The number of phenolic OH excluding ortho intramolecular Hbond substituents is 1. The lowest BCUT2D eigenvalue weighted by Gasteiger charge is -2.11. The first-order valence-corrected chi connectivity index (χ1v) is 6.61. The van der Waals surface area contributed by atoms with Crippen molar-refractivity contribution in [3.8, 4) is 17.2 Å². The summed E-state index contributed by atoms with van der Waals surface area (Å²) < 4.78 is 5.21. The van der Waals surface area contributed by atoms with E-state index in [-0.39, 0.29) is 5.75 Å². The molecule has 1 aromatic heterocycles. The maximum absolute atomic E-state index is 9.48. The van der Waals surface area contributed by atoms with Gasteiger partial charge in [0.25, 0.3) is 0 Å². The first kappa shape index (κ1) is 13.2. The van der Waals surface area contributed by atoms with Gasteiger partial charge in [-0.15, -0.1) is 10.2 Å². The van der Waals surface area contributed by atoms with Crippen LogP contribution in [0.3, 0.4) is 0 Å². The van der Waals surface area contributed by atoms with Gasteiger partial charge >= 0.3 is 0 Å². The zero-order valence-electron chi connectivity index (χ0n) is 11.6. The zero-order chi connectivity index (χ0) is 14.7. The van der Waals surface area contributed by atoms with E-state index in [2.05, 4.69) is 15.5 Å². The van der Waals surface area contributed by atoms with Gasteiger partial charge < -0.3 is 14.8 Å². The number of nitrogens with one attached hydrogen (secondary N) is 1. The highest BCUT2D eigenvalue weighted by Crippen LogP contribution is 2.24. The summed E-state index contributed by atoms with van der Waals surface area (Å²) in [5.74, 6) is 0.765. The summed E-state index contributed by atoms with van der Waals surface area (Å²) in [5, 5.41) is 20.4. The number of phenols is 1. The number of rotatable bonds is 4. The monoisotopic (exact) mass is 281 g/mol. The molecule has 0 fully saturated rings. The quantitative estimate of drug-likeness (QED) is 0.767. The van der Waals surface area contributed by atoms with Crippen molar-refractivity contribution in [3.63, 3.8) is 0 Å². The molecule has 0 bridgehead atoms. The second kappa shape index (κ2) is 5.66. The Bertz CT molecular complexity index is 739. The van der Waals surface area contributed by atoms with Gasteiger partial charge in [0.15, 0.2) is 0 Å². The van der Waals surface area contributed by atoms with Gasteiger partial charge in [-0.25, -0.2) is 0 Å². The summed E-state index contributed by atoms with van der Waals surface area (Å²) >= 11 is 0. The van der Waals surface area contributed by atoms with E-state index in [1.807, 2.05) is 37.3 Å². The van der Waals surface area contributed by atoms with Crippen molar-refractivity contribution in [2.45, 2.75) is 13.5 Å². The number of hydrogen-bond donors (Lipinski definition) is 2. The molecule has 0 aliphatic heterocycles. The van der Waals surface area contributed by atoms with Gasteiger partial charge in [0.1, 0.15) is 5.75 Å². The number of nitrogens with zero attached hydrogens (tertiary/aromatic N) is 2. The smallest absolute Gasteiger partial charge is 0.247 e. The van der Waals surface area contributed by atoms with Crippen LogP contribution in [0.15, 0.2) is 53.3 Å². The minimum absolute atomic E-state index is 0.269. The second-order valence-corrected chi connectivity index (χ2v) is 4.80. The molecular weight excluding hydrogens is 266 g/mol. The highest BCUT2D eigenvalue weighted by atomic mass is 16.4. The van der Waals surface area contributed by atoms with Gasteiger partial charge in [0, 0.05) is 17.8 Å². The number of aryl methyl sites for hydroxylation is 1. The number of aromatic hydroxyl groups is 1. The average Bonchev–Trinajstić information content (AvgIpc) is 3.01. The van der Waals surface area contributed by atoms with Crippen LogP contribution in [0.2, 0.25) is 0 Å². The average molecular weight is 281 g/mol. The molecule has 21 heavy (non-hydrogen) atoms.